The van der Waals surface area contributed by atoms with Crippen LogP contribution in [0.15, 0.2) is 53.4 Å². The highest BCUT2D eigenvalue weighted by atomic mass is 32.2. The van der Waals surface area contributed by atoms with Gasteiger partial charge in [0.2, 0.25) is 4.77 Å². The van der Waals surface area contributed by atoms with E-state index < -0.39 is 22.4 Å². The van der Waals surface area contributed by atoms with E-state index in [4.69, 9.17) is 12.2 Å². The van der Waals surface area contributed by atoms with Crippen LogP contribution in [0.2, 0.25) is 0 Å². The van der Waals surface area contributed by atoms with Crippen LogP contribution < -0.4 is 15.6 Å². The number of amides is 1. The Kier molecular flexibility index (Phi) is 5.84. The van der Waals surface area contributed by atoms with Gasteiger partial charge < -0.3 is 0 Å². The lowest BCUT2D eigenvalue weighted by Crippen LogP contribution is -2.34. The number of rotatable bonds is 7. The van der Waals surface area contributed by atoms with Gasteiger partial charge in [0.05, 0.1) is 16.3 Å². The number of aromatic nitrogens is 4. The van der Waals surface area contributed by atoms with E-state index in [-0.39, 0.29) is 21.0 Å². The van der Waals surface area contributed by atoms with Crippen molar-refractivity contribution < 1.29 is 22.0 Å². The van der Waals surface area contributed by atoms with Crippen molar-refractivity contribution in [3.63, 3.8) is 0 Å². The van der Waals surface area contributed by atoms with E-state index >= 15 is 0 Å². The average molecular weight is 441 g/mol. The predicted octanol–water partition coefficient (Wildman–Crippen LogP) is 1.83. The molecule has 3 aromatic rings. The molecule has 2 aromatic carbocycles. The first kappa shape index (κ1) is 20.3. The van der Waals surface area contributed by atoms with Crippen LogP contribution in [0.5, 0.6) is 0 Å². The number of nitrogens with zero attached hydrogens (tertiary/aromatic N) is 3. The molecule has 4 N–H and O–H groups in total. The van der Waals surface area contributed by atoms with Crippen LogP contribution in [0.3, 0.4) is 0 Å². The lowest BCUT2D eigenvalue weighted by Gasteiger charge is -2.11. The zero-order valence-corrected chi connectivity index (χ0v) is 16.0. The normalized spacial score (nSPS) is 11.3. The summed E-state index contributed by atoms with van der Waals surface area (Å²) < 4.78 is 53.3. The molecule has 0 fully saturated rings. The Morgan fingerprint density at radius 3 is 2.24 bits per heavy atom. The molecule has 152 valence electrons. The molecule has 0 aliphatic rings. The predicted molar refractivity (Wildman–Crippen MR) is 102 cm³/mol. The zero-order valence-electron chi connectivity index (χ0n) is 14.3. The quantitative estimate of drug-likeness (QED) is 0.325. The van der Waals surface area contributed by atoms with Crippen LogP contribution in [0, 0.1) is 4.77 Å². The van der Waals surface area contributed by atoms with Gasteiger partial charge in [-0.05, 0) is 60.7 Å². The first-order chi connectivity index (χ1) is 13.8. The van der Waals surface area contributed by atoms with Gasteiger partial charge in [0.25, 0.3) is 10.0 Å². The van der Waals surface area contributed by atoms with Gasteiger partial charge in [0, 0.05) is 5.69 Å². The van der Waals surface area contributed by atoms with Crippen LogP contribution in [0.25, 0.3) is 5.69 Å². The Morgan fingerprint density at radius 2 is 1.69 bits per heavy atom. The van der Waals surface area contributed by atoms with Gasteiger partial charge >= 0.3 is 12.3 Å². The van der Waals surface area contributed by atoms with Crippen molar-refractivity contribution in [2.45, 2.75) is 11.3 Å². The fourth-order valence-electron chi connectivity index (χ4n) is 2.16. The molecule has 1 heterocycles. The monoisotopic (exact) mass is 441 g/mol. The standard InChI is InChI=1S/C15H13F2N7O3S2/c16-13(17)14(25)19-18-9-1-3-10(4-2-9)21-29(26,27)12-7-5-11(6-8-12)24-15(28)20-22-23-24/h1-8,13,18,21H,(H,19,25)(H,20,23,28). The number of H-pyrrole nitrogens is 1. The molecule has 0 spiro atoms. The second-order valence-corrected chi connectivity index (χ2v) is 7.56. The van der Waals surface area contributed by atoms with E-state index in [1.165, 1.54) is 53.2 Å². The molecule has 0 unspecified atom stereocenters. The summed E-state index contributed by atoms with van der Waals surface area (Å²) in [6.07, 6.45) is -3.15. The number of nitrogens with one attached hydrogen (secondary N) is 4. The van der Waals surface area contributed by atoms with E-state index in [9.17, 15) is 22.0 Å². The minimum absolute atomic E-state index is 0.00615. The number of carbonyl (C=O) groups is 1. The summed E-state index contributed by atoms with van der Waals surface area (Å²) in [5.41, 5.74) is 5.18. The maximum absolute atomic E-state index is 12.5. The number of carbonyl (C=O) groups excluding carboxylic acids is 1. The molecule has 0 saturated heterocycles. The highest BCUT2D eigenvalue weighted by Crippen LogP contribution is 2.19. The van der Waals surface area contributed by atoms with Crippen molar-refractivity contribution in [3.05, 3.63) is 53.3 Å². The summed E-state index contributed by atoms with van der Waals surface area (Å²) in [4.78, 5) is 10.8. The Bertz CT molecular complexity index is 1160. The fraction of sp³-hybridized carbons (Fsp3) is 0.0667. The van der Waals surface area contributed by atoms with Crippen molar-refractivity contribution >= 4 is 39.5 Å². The average Bonchev–Trinajstić information content (AvgIpc) is 3.13. The zero-order chi connectivity index (χ0) is 21.0. The van der Waals surface area contributed by atoms with E-state index in [0.717, 1.165) is 0 Å². The summed E-state index contributed by atoms with van der Waals surface area (Å²) in [5.74, 6) is -1.48. The van der Waals surface area contributed by atoms with Gasteiger partial charge in [-0.1, -0.05) is 10.3 Å². The lowest BCUT2D eigenvalue weighted by molar-refractivity contribution is -0.131. The maximum Gasteiger partial charge on any atom is 0.317 e. The molecule has 29 heavy (non-hydrogen) atoms. The van der Waals surface area contributed by atoms with Gasteiger partial charge in [-0.15, -0.1) is 0 Å². The van der Waals surface area contributed by atoms with Gasteiger partial charge in [0.15, 0.2) is 0 Å². The number of hydrogen-bond acceptors (Lipinski definition) is 7. The molecule has 3 rings (SSSR count). The van der Waals surface area contributed by atoms with E-state index in [1.54, 1.807) is 0 Å². The Hall–Kier alpha value is -3.39. The number of halogens is 2. The number of tetrazole rings is 1. The highest BCUT2D eigenvalue weighted by molar-refractivity contribution is 7.92. The molecule has 0 radical (unpaired) electrons. The minimum atomic E-state index is -3.87. The molecule has 0 atom stereocenters. The number of alkyl halides is 2. The third-order valence-electron chi connectivity index (χ3n) is 3.54. The Balaban J connectivity index is 1.68. The molecule has 0 saturated carbocycles. The highest BCUT2D eigenvalue weighted by Gasteiger charge is 2.16. The fourth-order valence-corrected chi connectivity index (χ4v) is 3.41. The molecular formula is C15H13F2N7O3S2. The Morgan fingerprint density at radius 1 is 1.07 bits per heavy atom. The summed E-state index contributed by atoms with van der Waals surface area (Å²) >= 11 is 4.98. The molecule has 0 aliphatic heterocycles. The minimum Gasteiger partial charge on any atom is -0.298 e. The molecule has 0 bridgehead atoms. The van der Waals surface area contributed by atoms with Gasteiger partial charge in [0.1, 0.15) is 0 Å². The molecule has 0 aliphatic carbocycles. The van der Waals surface area contributed by atoms with Gasteiger partial charge in [-0.3, -0.25) is 20.4 Å². The second kappa shape index (κ2) is 8.32. The van der Waals surface area contributed by atoms with Crippen molar-refractivity contribution in [3.8, 4) is 5.69 Å². The van der Waals surface area contributed by atoms with E-state index in [2.05, 4.69) is 25.7 Å². The number of benzene rings is 2. The first-order valence-electron chi connectivity index (χ1n) is 7.84. The summed E-state index contributed by atoms with van der Waals surface area (Å²) in [7, 11) is -3.87. The van der Waals surface area contributed by atoms with Crippen LogP contribution in [0.1, 0.15) is 0 Å². The van der Waals surface area contributed by atoms with Gasteiger partial charge in [-0.25, -0.2) is 13.1 Å². The molecule has 10 nitrogen and oxygen atoms in total. The summed E-state index contributed by atoms with van der Waals surface area (Å²) in [5, 5.41) is 9.75. The smallest absolute Gasteiger partial charge is 0.298 e. The van der Waals surface area contributed by atoms with Crippen LogP contribution in [0.4, 0.5) is 20.2 Å². The van der Waals surface area contributed by atoms with Crippen LogP contribution >= 0.6 is 12.2 Å². The largest absolute Gasteiger partial charge is 0.317 e. The topological polar surface area (TPSA) is 134 Å². The third kappa shape index (κ3) is 4.91. The first-order valence-corrected chi connectivity index (χ1v) is 9.73. The number of aromatic amines is 1. The Labute approximate surface area is 167 Å². The number of sulfonamides is 1. The van der Waals surface area contributed by atoms with Crippen molar-refractivity contribution in [1.29, 1.82) is 0 Å². The molecule has 14 heteroatoms. The van der Waals surface area contributed by atoms with Crippen molar-refractivity contribution in [1.82, 2.24) is 25.6 Å². The van der Waals surface area contributed by atoms with Crippen LogP contribution in [-0.4, -0.2) is 41.0 Å². The number of hydrazine groups is 1. The van der Waals surface area contributed by atoms with E-state index in [1.807, 2.05) is 5.43 Å². The van der Waals surface area contributed by atoms with Gasteiger partial charge in [-0.2, -0.15) is 14.0 Å². The molecule has 1 aromatic heterocycles. The van der Waals surface area contributed by atoms with Crippen molar-refractivity contribution in [2.24, 2.45) is 0 Å². The molecular weight excluding hydrogens is 428 g/mol. The maximum atomic E-state index is 12.5. The number of hydrogen-bond donors (Lipinski definition) is 4. The lowest BCUT2D eigenvalue weighted by atomic mass is 10.3. The third-order valence-corrected chi connectivity index (χ3v) is 5.20. The summed E-state index contributed by atoms with van der Waals surface area (Å²) in [6, 6.07) is 11.4. The number of anilines is 2. The second-order valence-electron chi connectivity index (χ2n) is 5.51. The van der Waals surface area contributed by atoms with Crippen molar-refractivity contribution in [2.75, 3.05) is 10.1 Å². The van der Waals surface area contributed by atoms with Crippen LogP contribution in [-0.2, 0) is 14.8 Å². The molecule has 1 amide bonds. The summed E-state index contributed by atoms with van der Waals surface area (Å²) in [6.45, 7) is 0. The van der Waals surface area contributed by atoms with E-state index in [0.29, 0.717) is 5.69 Å². The SMILES string of the molecule is O=C(NNc1ccc(NS(=O)(=O)c2ccc(-n3[nH]nnc3=S)cc2)cc1)C(F)F.